The van der Waals surface area contributed by atoms with Gasteiger partial charge in [-0.2, -0.15) is 0 Å². The van der Waals surface area contributed by atoms with Crippen LogP contribution in [0.25, 0.3) is 0 Å². The summed E-state index contributed by atoms with van der Waals surface area (Å²) in [7, 11) is 0. The maximum Gasteiger partial charge on any atom is 0.312 e. The lowest BCUT2D eigenvalue weighted by Crippen LogP contribution is -2.69. The molecule has 8 fully saturated rings. The SMILES string of the molecule is C[C@@H]1C(=O)O[C@H]2[C@@H]1O[C@]13O[C@@]4(CC[C@]5(C)C(=O)[C@H](C)[C@H]2[C@]15C)C[C@]12OC(=O)C[C@@]1(O)OC(C)(C)[C@@H]2C[C@H](O)[C@H]4C3=O. The zero-order valence-electron chi connectivity index (χ0n) is 24.2. The van der Waals surface area contributed by atoms with Gasteiger partial charge in [-0.3, -0.25) is 19.2 Å². The van der Waals surface area contributed by atoms with Crippen molar-refractivity contribution in [2.24, 2.45) is 40.4 Å². The van der Waals surface area contributed by atoms with E-state index < -0.39 is 105 Å². The standard InChI is InChI=1S/C30H38O11/c1-12-17-20-19(13(2)23(35)37-20)39-30-22(34)18-14(31)9-15-24(3,4)40-29(36)10-16(32)38-28(15,29)11-27(18,41-30)8-7-25(5,21(12)33)26(17,30)6/h12-15,17-20,31,36H,7-11H2,1-6H3/t12-,13+,14+,15+,17-,18+,19-,20-,25-,26+,27+,28-,29-,30-/m1/s1. The average molecular weight is 575 g/mol. The Labute approximate surface area is 237 Å². The molecular formula is C30H38O11. The van der Waals surface area contributed by atoms with E-state index in [1.165, 1.54) is 0 Å². The van der Waals surface area contributed by atoms with E-state index in [2.05, 4.69) is 0 Å². The number of Topliss-reactive ketones (excluding diaryl/α,β-unsaturated/α-hetero) is 2. The highest BCUT2D eigenvalue weighted by Crippen LogP contribution is 2.76. The molecule has 2 bridgehead atoms. The number of esters is 2. The van der Waals surface area contributed by atoms with Crippen molar-refractivity contribution < 1.29 is 53.1 Å². The maximum atomic E-state index is 15.0. The minimum absolute atomic E-state index is 0.0248. The Hall–Kier alpha value is -1.92. The van der Waals surface area contributed by atoms with Crippen molar-refractivity contribution >= 4 is 23.5 Å². The van der Waals surface area contributed by atoms with Crippen LogP contribution in [0.1, 0.15) is 73.6 Å². The largest absolute Gasteiger partial charge is 0.459 e. The van der Waals surface area contributed by atoms with Crippen molar-refractivity contribution in [3.05, 3.63) is 0 Å². The highest BCUT2D eigenvalue weighted by Gasteiger charge is 2.88. The molecular weight excluding hydrogens is 536 g/mol. The minimum atomic E-state index is -1.98. The lowest BCUT2D eigenvalue weighted by Gasteiger charge is -2.57. The second-order valence-corrected chi connectivity index (χ2v) is 15.2. The quantitative estimate of drug-likeness (QED) is 0.401. The van der Waals surface area contributed by atoms with Crippen molar-refractivity contribution in [3.8, 4) is 0 Å². The molecule has 3 spiro atoms. The molecule has 224 valence electrons. The van der Waals surface area contributed by atoms with Gasteiger partial charge in [-0.25, -0.2) is 0 Å². The molecule has 0 radical (unpaired) electrons. The van der Waals surface area contributed by atoms with E-state index >= 15 is 4.79 Å². The second kappa shape index (κ2) is 7.07. The summed E-state index contributed by atoms with van der Waals surface area (Å²) in [5, 5.41) is 23.8. The van der Waals surface area contributed by atoms with Crippen molar-refractivity contribution in [2.75, 3.05) is 0 Å². The van der Waals surface area contributed by atoms with Gasteiger partial charge < -0.3 is 33.9 Å². The summed E-state index contributed by atoms with van der Waals surface area (Å²) in [6.07, 6.45) is -2.73. The predicted molar refractivity (Wildman–Crippen MR) is 134 cm³/mol. The molecule has 0 aromatic rings. The number of hydrogen-bond donors (Lipinski definition) is 2. The number of aliphatic hydroxyl groups excluding tert-OH is 1. The third kappa shape index (κ3) is 2.49. The Bertz CT molecular complexity index is 1340. The molecule has 0 aromatic heterocycles. The van der Waals surface area contributed by atoms with Crippen LogP contribution in [0.2, 0.25) is 0 Å². The van der Waals surface area contributed by atoms with Crippen LogP contribution in [0.4, 0.5) is 0 Å². The Morgan fingerprint density at radius 2 is 1.61 bits per heavy atom. The number of aliphatic hydroxyl groups is 2. The fourth-order valence-corrected chi connectivity index (χ4v) is 11.4. The van der Waals surface area contributed by atoms with E-state index in [0.717, 1.165) is 0 Å². The van der Waals surface area contributed by atoms with Gasteiger partial charge in [0.15, 0.2) is 5.60 Å². The van der Waals surface area contributed by atoms with Crippen LogP contribution in [0.5, 0.6) is 0 Å². The number of fused-ring (bicyclic) bond motifs is 2. The number of carbonyl (C=O) groups excluding carboxylic acids is 4. The molecule has 2 saturated carbocycles. The minimum Gasteiger partial charge on any atom is -0.459 e. The first-order chi connectivity index (χ1) is 18.9. The van der Waals surface area contributed by atoms with Gasteiger partial charge >= 0.3 is 11.9 Å². The zero-order valence-corrected chi connectivity index (χ0v) is 24.2. The zero-order chi connectivity index (χ0) is 29.5. The summed E-state index contributed by atoms with van der Waals surface area (Å²) in [4.78, 5) is 54.8. The first-order valence-corrected chi connectivity index (χ1v) is 14.9. The van der Waals surface area contributed by atoms with Crippen LogP contribution < -0.4 is 0 Å². The third-order valence-electron chi connectivity index (χ3n) is 13.3. The van der Waals surface area contributed by atoms with E-state index in [1.807, 2.05) is 20.8 Å². The molecule has 6 heterocycles. The fourth-order valence-electron chi connectivity index (χ4n) is 11.4. The van der Waals surface area contributed by atoms with Crippen LogP contribution in [0, 0.1) is 40.4 Å². The lowest BCUT2D eigenvalue weighted by atomic mass is 9.52. The van der Waals surface area contributed by atoms with Crippen LogP contribution in [-0.2, 0) is 42.9 Å². The van der Waals surface area contributed by atoms with Crippen molar-refractivity contribution in [3.63, 3.8) is 0 Å². The van der Waals surface area contributed by atoms with Gasteiger partial charge in [0.25, 0.3) is 0 Å². The molecule has 0 unspecified atom stereocenters. The van der Waals surface area contributed by atoms with Gasteiger partial charge in [-0.05, 0) is 40.0 Å². The fraction of sp³-hybridized carbons (Fsp3) is 0.867. The van der Waals surface area contributed by atoms with E-state index in [1.54, 1.807) is 20.8 Å². The molecule has 8 aliphatic rings. The van der Waals surface area contributed by atoms with Gasteiger partial charge in [-0.1, -0.05) is 20.8 Å². The predicted octanol–water partition coefficient (Wildman–Crippen LogP) is 1.19. The Balaban J connectivity index is 1.36. The van der Waals surface area contributed by atoms with Gasteiger partial charge in [0, 0.05) is 35.0 Å². The average Bonchev–Trinajstić information content (AvgIpc) is 3.42. The highest BCUT2D eigenvalue weighted by atomic mass is 16.7. The highest BCUT2D eigenvalue weighted by molar-refractivity contribution is 5.98. The first-order valence-electron chi connectivity index (χ1n) is 14.9. The molecule has 11 nitrogen and oxygen atoms in total. The van der Waals surface area contributed by atoms with E-state index in [4.69, 9.17) is 23.7 Å². The number of carbonyl (C=O) groups is 4. The second-order valence-electron chi connectivity index (χ2n) is 15.2. The molecule has 2 aliphatic carbocycles. The molecule has 41 heavy (non-hydrogen) atoms. The van der Waals surface area contributed by atoms with E-state index in [9.17, 15) is 24.6 Å². The maximum absolute atomic E-state index is 15.0. The van der Waals surface area contributed by atoms with Crippen LogP contribution >= 0.6 is 0 Å². The Kier molecular flexibility index (Phi) is 4.60. The summed E-state index contributed by atoms with van der Waals surface area (Å²) >= 11 is 0. The van der Waals surface area contributed by atoms with Gasteiger partial charge in [0.1, 0.15) is 24.4 Å². The Morgan fingerprint density at radius 3 is 2.32 bits per heavy atom. The van der Waals surface area contributed by atoms with Crippen LogP contribution in [0.15, 0.2) is 0 Å². The van der Waals surface area contributed by atoms with E-state index in [0.29, 0.717) is 6.42 Å². The van der Waals surface area contributed by atoms with Gasteiger partial charge in [0.2, 0.25) is 17.4 Å². The summed E-state index contributed by atoms with van der Waals surface area (Å²) in [6, 6.07) is 0. The molecule has 0 aromatic carbocycles. The number of rotatable bonds is 0. The van der Waals surface area contributed by atoms with Gasteiger partial charge in [-0.15, -0.1) is 0 Å². The lowest BCUT2D eigenvalue weighted by molar-refractivity contribution is -0.363. The third-order valence-corrected chi connectivity index (χ3v) is 13.3. The number of ether oxygens (including phenoxy) is 5. The molecule has 2 N–H and O–H groups in total. The molecule has 0 amide bonds. The molecule has 11 heteroatoms. The molecule has 14 atom stereocenters. The summed E-state index contributed by atoms with van der Waals surface area (Å²) in [5.74, 6) is -8.98. The summed E-state index contributed by atoms with van der Waals surface area (Å²) in [5.41, 5.74) is -6.29. The van der Waals surface area contributed by atoms with Crippen molar-refractivity contribution in [2.45, 2.75) is 120 Å². The first kappa shape index (κ1) is 26.7. The summed E-state index contributed by atoms with van der Waals surface area (Å²) in [6.45, 7) is 10.8. The monoisotopic (exact) mass is 574 g/mol. The number of ketones is 2. The van der Waals surface area contributed by atoms with Crippen LogP contribution in [0.3, 0.4) is 0 Å². The van der Waals surface area contributed by atoms with Crippen LogP contribution in [-0.4, -0.2) is 80.4 Å². The van der Waals surface area contributed by atoms with Crippen molar-refractivity contribution in [1.29, 1.82) is 0 Å². The number of hydrogen-bond acceptors (Lipinski definition) is 11. The molecule has 8 rings (SSSR count). The topological polar surface area (TPSA) is 155 Å². The smallest absolute Gasteiger partial charge is 0.312 e. The van der Waals surface area contributed by atoms with Crippen molar-refractivity contribution in [1.82, 2.24) is 0 Å². The molecule has 6 aliphatic heterocycles. The normalized spacial score (nSPS) is 61.3. The van der Waals surface area contributed by atoms with E-state index in [-0.39, 0.29) is 31.5 Å². The molecule has 6 saturated heterocycles. The summed E-state index contributed by atoms with van der Waals surface area (Å²) < 4.78 is 31.8. The van der Waals surface area contributed by atoms with Gasteiger partial charge in [0.05, 0.1) is 29.1 Å². The Morgan fingerprint density at radius 1 is 0.902 bits per heavy atom.